The zero-order valence-electron chi connectivity index (χ0n) is 13.1. The lowest BCUT2D eigenvalue weighted by Gasteiger charge is -2.22. The molecule has 0 spiro atoms. The van der Waals surface area contributed by atoms with Gasteiger partial charge in [-0.05, 0) is 31.2 Å². The number of hydrogen-bond donors (Lipinski definition) is 2. The van der Waals surface area contributed by atoms with E-state index < -0.39 is 4.92 Å². The molecule has 2 unspecified atom stereocenters. The van der Waals surface area contributed by atoms with Crippen LogP contribution in [0.15, 0.2) is 12.1 Å². The molecule has 7 nitrogen and oxygen atoms in total. The lowest BCUT2D eigenvalue weighted by atomic mass is 10.0. The molecule has 124 valence electrons. The van der Waals surface area contributed by atoms with Crippen molar-refractivity contribution in [3.8, 4) is 5.75 Å². The first kappa shape index (κ1) is 15.6. The van der Waals surface area contributed by atoms with Crippen LogP contribution in [0.5, 0.6) is 5.75 Å². The van der Waals surface area contributed by atoms with E-state index in [1.165, 1.54) is 12.5 Å². The Labute approximate surface area is 134 Å². The van der Waals surface area contributed by atoms with Gasteiger partial charge in [-0.3, -0.25) is 14.9 Å². The maximum Gasteiger partial charge on any atom is 0.296 e. The molecule has 1 aromatic carbocycles. The number of nitrogens with one attached hydrogen (secondary N) is 2. The minimum atomic E-state index is -0.415. The van der Waals surface area contributed by atoms with Crippen molar-refractivity contribution in [2.24, 2.45) is 5.92 Å². The maximum atomic E-state index is 11.4. The molecule has 7 heteroatoms. The van der Waals surface area contributed by atoms with Gasteiger partial charge >= 0.3 is 0 Å². The number of nitrogens with zero attached hydrogens (tertiary/aromatic N) is 1. The van der Waals surface area contributed by atoms with Crippen LogP contribution in [-0.4, -0.2) is 23.5 Å². The normalized spacial score (nSPS) is 24.0. The first-order valence-corrected chi connectivity index (χ1v) is 8.04. The summed E-state index contributed by atoms with van der Waals surface area (Å²) in [5.74, 6) is 0.796. The SMILES string of the molecule is CC1CCCC(Nc2cc3c(cc2[N+](=O)[O-])OCC(=O)N3)CC1. The Morgan fingerprint density at radius 2 is 2.13 bits per heavy atom. The van der Waals surface area contributed by atoms with Crippen molar-refractivity contribution >= 4 is 23.0 Å². The second-order valence-electron chi connectivity index (χ2n) is 6.41. The molecule has 0 saturated heterocycles. The smallest absolute Gasteiger partial charge is 0.296 e. The van der Waals surface area contributed by atoms with Crippen LogP contribution >= 0.6 is 0 Å². The molecular weight excluding hydrogens is 298 g/mol. The van der Waals surface area contributed by atoms with Crippen LogP contribution in [0.3, 0.4) is 0 Å². The van der Waals surface area contributed by atoms with E-state index >= 15 is 0 Å². The first-order valence-electron chi connectivity index (χ1n) is 8.04. The van der Waals surface area contributed by atoms with E-state index in [1.807, 2.05) is 0 Å². The molecule has 1 amide bonds. The monoisotopic (exact) mass is 319 g/mol. The maximum absolute atomic E-state index is 11.4. The highest BCUT2D eigenvalue weighted by Crippen LogP contribution is 2.39. The molecule has 1 heterocycles. The fourth-order valence-electron chi connectivity index (χ4n) is 3.23. The van der Waals surface area contributed by atoms with Gasteiger partial charge in [0.2, 0.25) is 0 Å². The summed E-state index contributed by atoms with van der Waals surface area (Å²) in [6.45, 7) is 2.13. The molecule has 1 aliphatic heterocycles. The Morgan fingerprint density at radius 3 is 2.91 bits per heavy atom. The van der Waals surface area contributed by atoms with Gasteiger partial charge in [0.25, 0.3) is 11.6 Å². The van der Waals surface area contributed by atoms with Crippen molar-refractivity contribution in [1.29, 1.82) is 0 Å². The van der Waals surface area contributed by atoms with E-state index in [0.29, 0.717) is 23.0 Å². The molecule has 0 radical (unpaired) electrons. The number of hydrogen-bond acceptors (Lipinski definition) is 5. The van der Waals surface area contributed by atoms with Crippen molar-refractivity contribution in [3.63, 3.8) is 0 Å². The second-order valence-corrected chi connectivity index (χ2v) is 6.41. The lowest BCUT2D eigenvalue weighted by Crippen LogP contribution is -2.26. The number of carbonyl (C=O) groups excluding carboxylic acids is 1. The number of nitro groups is 1. The highest BCUT2D eigenvalue weighted by Gasteiger charge is 2.25. The van der Waals surface area contributed by atoms with Gasteiger partial charge in [0.15, 0.2) is 12.4 Å². The van der Waals surface area contributed by atoms with Crippen LogP contribution in [0.4, 0.5) is 17.1 Å². The number of amides is 1. The zero-order valence-corrected chi connectivity index (χ0v) is 13.1. The third-order valence-corrected chi connectivity index (χ3v) is 4.54. The van der Waals surface area contributed by atoms with E-state index in [2.05, 4.69) is 17.6 Å². The highest BCUT2D eigenvalue weighted by atomic mass is 16.6. The van der Waals surface area contributed by atoms with Crippen LogP contribution in [0.1, 0.15) is 39.0 Å². The van der Waals surface area contributed by atoms with Crippen molar-refractivity contribution in [3.05, 3.63) is 22.2 Å². The highest BCUT2D eigenvalue weighted by molar-refractivity contribution is 5.96. The molecule has 2 N–H and O–H groups in total. The summed E-state index contributed by atoms with van der Waals surface area (Å²) in [5.41, 5.74) is 0.910. The van der Waals surface area contributed by atoms with Crippen LogP contribution in [0.25, 0.3) is 0 Å². The average molecular weight is 319 g/mol. The van der Waals surface area contributed by atoms with Gasteiger partial charge in [0, 0.05) is 6.04 Å². The van der Waals surface area contributed by atoms with Gasteiger partial charge in [-0.25, -0.2) is 0 Å². The fourth-order valence-corrected chi connectivity index (χ4v) is 3.23. The predicted molar refractivity (Wildman–Crippen MR) is 86.9 cm³/mol. The molecule has 3 rings (SSSR count). The number of benzene rings is 1. The number of carbonyl (C=O) groups is 1. The first-order chi connectivity index (χ1) is 11.0. The summed E-state index contributed by atoms with van der Waals surface area (Å²) >= 11 is 0. The quantitative estimate of drug-likeness (QED) is 0.506. The van der Waals surface area contributed by atoms with Gasteiger partial charge in [-0.15, -0.1) is 0 Å². The van der Waals surface area contributed by atoms with E-state index in [9.17, 15) is 14.9 Å². The molecule has 2 aliphatic rings. The standard InChI is InChI=1S/C16H21N3O4/c1-10-3-2-4-11(6-5-10)17-12-7-13-15(8-14(12)19(21)22)23-9-16(20)18-13/h7-8,10-11,17H,2-6,9H2,1H3,(H,18,20). The van der Waals surface area contributed by atoms with Gasteiger partial charge in [0.1, 0.15) is 5.69 Å². The largest absolute Gasteiger partial charge is 0.481 e. The number of ether oxygens (including phenoxy) is 1. The zero-order chi connectivity index (χ0) is 16.4. The molecule has 23 heavy (non-hydrogen) atoms. The molecule has 0 bridgehead atoms. The van der Waals surface area contributed by atoms with Crippen LogP contribution < -0.4 is 15.4 Å². The summed E-state index contributed by atoms with van der Waals surface area (Å²) in [6.07, 6.45) is 5.45. The van der Waals surface area contributed by atoms with Gasteiger partial charge in [-0.1, -0.05) is 19.8 Å². The summed E-state index contributed by atoms with van der Waals surface area (Å²) in [6, 6.07) is 3.21. The predicted octanol–water partition coefficient (Wildman–Crippen LogP) is 3.31. The lowest BCUT2D eigenvalue weighted by molar-refractivity contribution is -0.384. The summed E-state index contributed by atoms with van der Waals surface area (Å²) in [7, 11) is 0. The molecule has 1 aromatic rings. The van der Waals surface area contributed by atoms with Crippen molar-refractivity contribution in [2.45, 2.75) is 45.1 Å². The van der Waals surface area contributed by atoms with Crippen molar-refractivity contribution < 1.29 is 14.5 Å². The summed E-state index contributed by atoms with van der Waals surface area (Å²) < 4.78 is 5.26. The van der Waals surface area contributed by atoms with E-state index in [-0.39, 0.29) is 24.2 Å². The number of anilines is 2. The van der Waals surface area contributed by atoms with Crippen LogP contribution in [0, 0.1) is 16.0 Å². The van der Waals surface area contributed by atoms with Crippen molar-refractivity contribution in [1.82, 2.24) is 0 Å². The third-order valence-electron chi connectivity index (χ3n) is 4.54. The third kappa shape index (κ3) is 3.55. The minimum absolute atomic E-state index is 0.0165. The van der Waals surface area contributed by atoms with Gasteiger partial charge in [-0.2, -0.15) is 0 Å². The van der Waals surface area contributed by atoms with Crippen molar-refractivity contribution in [2.75, 3.05) is 17.2 Å². The Bertz CT molecular complexity index is 632. The fraction of sp³-hybridized carbons (Fsp3) is 0.562. The topological polar surface area (TPSA) is 93.5 Å². The van der Waals surface area contributed by atoms with E-state index in [4.69, 9.17) is 4.74 Å². The van der Waals surface area contributed by atoms with Gasteiger partial charge in [0.05, 0.1) is 16.7 Å². The summed E-state index contributed by atoms with van der Waals surface area (Å²) in [4.78, 5) is 22.4. The van der Waals surface area contributed by atoms with E-state index in [0.717, 1.165) is 25.7 Å². The van der Waals surface area contributed by atoms with Crippen LogP contribution in [-0.2, 0) is 4.79 Å². The molecule has 0 aromatic heterocycles. The Hall–Kier alpha value is -2.31. The average Bonchev–Trinajstić information content (AvgIpc) is 2.71. The number of rotatable bonds is 3. The molecule has 1 saturated carbocycles. The molecular formula is C16H21N3O4. The van der Waals surface area contributed by atoms with Crippen LogP contribution in [0.2, 0.25) is 0 Å². The Kier molecular flexibility index (Phi) is 4.36. The Balaban J connectivity index is 1.86. The number of fused-ring (bicyclic) bond motifs is 1. The molecule has 2 atom stereocenters. The molecule has 1 aliphatic carbocycles. The Morgan fingerprint density at radius 1 is 1.30 bits per heavy atom. The van der Waals surface area contributed by atoms with Gasteiger partial charge < -0.3 is 15.4 Å². The molecule has 1 fully saturated rings. The minimum Gasteiger partial charge on any atom is -0.481 e. The second kappa shape index (κ2) is 6.44. The number of nitro benzene ring substituents is 1. The van der Waals surface area contributed by atoms with E-state index in [1.54, 1.807) is 6.07 Å². The summed E-state index contributed by atoms with van der Waals surface area (Å²) in [5, 5.41) is 17.4.